The fourth-order valence-corrected chi connectivity index (χ4v) is 4.67. The predicted molar refractivity (Wildman–Crippen MR) is 121 cm³/mol. The van der Waals surface area contributed by atoms with Crippen LogP contribution in [-0.2, 0) is 10.0 Å². The van der Waals surface area contributed by atoms with Crippen molar-refractivity contribution >= 4 is 16.0 Å². The van der Waals surface area contributed by atoms with E-state index >= 15 is 0 Å². The molecule has 0 radical (unpaired) electrons. The molecule has 6 nitrogen and oxygen atoms in total. The second-order valence-corrected chi connectivity index (χ2v) is 8.74. The summed E-state index contributed by atoms with van der Waals surface area (Å²) in [5, 5.41) is 6.46. The van der Waals surface area contributed by atoms with Gasteiger partial charge in [-0.25, -0.2) is 12.7 Å². The fourth-order valence-electron chi connectivity index (χ4n) is 3.26. The van der Waals surface area contributed by atoms with Gasteiger partial charge in [0.2, 0.25) is 10.0 Å². The van der Waals surface area contributed by atoms with E-state index in [0.717, 1.165) is 0 Å². The van der Waals surface area contributed by atoms with Crippen LogP contribution in [-0.4, -0.2) is 57.7 Å². The first-order chi connectivity index (χ1) is 14.0. The maximum absolute atomic E-state index is 12.3. The Hall–Kier alpha value is -2.38. The van der Waals surface area contributed by atoms with Gasteiger partial charge in [0.15, 0.2) is 5.96 Å². The number of aliphatic imine (C=N–C) groups is 1. The van der Waals surface area contributed by atoms with Gasteiger partial charge in [-0.15, -0.1) is 0 Å². The Morgan fingerprint density at radius 2 is 1.45 bits per heavy atom. The molecular weight excluding hydrogens is 384 g/mol. The topological polar surface area (TPSA) is 73.8 Å². The van der Waals surface area contributed by atoms with Crippen LogP contribution < -0.4 is 10.6 Å². The number of hydrogen-bond donors (Lipinski definition) is 2. The van der Waals surface area contributed by atoms with Crippen LogP contribution in [0.3, 0.4) is 0 Å². The third-order valence-electron chi connectivity index (χ3n) is 4.85. The van der Waals surface area contributed by atoms with Crippen LogP contribution in [0.5, 0.6) is 0 Å². The Labute approximate surface area is 175 Å². The molecule has 0 spiro atoms. The fraction of sp³-hybridized carbons (Fsp3) is 0.409. The van der Waals surface area contributed by atoms with Gasteiger partial charge in [0.1, 0.15) is 0 Å². The number of guanidine groups is 1. The quantitative estimate of drug-likeness (QED) is 0.461. The Kier molecular flexibility index (Phi) is 9.15. The minimum absolute atomic E-state index is 0.0379. The molecule has 0 fully saturated rings. The molecule has 0 atom stereocenters. The second-order valence-electron chi connectivity index (χ2n) is 6.65. The number of benzene rings is 2. The predicted octanol–water partition coefficient (Wildman–Crippen LogP) is 2.66. The maximum atomic E-state index is 12.3. The summed E-state index contributed by atoms with van der Waals surface area (Å²) in [5.74, 6) is 0.794. The van der Waals surface area contributed by atoms with Gasteiger partial charge in [0, 0.05) is 39.1 Å². The zero-order valence-electron chi connectivity index (χ0n) is 17.5. The van der Waals surface area contributed by atoms with Crippen molar-refractivity contribution in [2.45, 2.75) is 19.8 Å². The van der Waals surface area contributed by atoms with Gasteiger partial charge in [-0.1, -0.05) is 74.5 Å². The maximum Gasteiger partial charge on any atom is 0.215 e. The van der Waals surface area contributed by atoms with Gasteiger partial charge in [-0.2, -0.15) is 0 Å². The first-order valence-corrected chi connectivity index (χ1v) is 11.6. The molecule has 0 saturated carbocycles. The SMILES string of the molecule is CCN(CC)S(=O)(=O)CCNC(=NC)NCC(c1ccccc1)c1ccccc1. The van der Waals surface area contributed by atoms with Crippen molar-refractivity contribution in [1.29, 1.82) is 0 Å². The van der Waals surface area contributed by atoms with Crippen LogP contribution in [0.4, 0.5) is 0 Å². The van der Waals surface area contributed by atoms with Crippen molar-refractivity contribution < 1.29 is 8.42 Å². The molecule has 29 heavy (non-hydrogen) atoms. The Balaban J connectivity index is 1.99. The van der Waals surface area contributed by atoms with Gasteiger partial charge < -0.3 is 10.6 Å². The van der Waals surface area contributed by atoms with Crippen molar-refractivity contribution in [2.24, 2.45) is 4.99 Å². The average Bonchev–Trinajstić information content (AvgIpc) is 2.74. The van der Waals surface area contributed by atoms with Crippen LogP contribution in [0, 0.1) is 0 Å². The molecule has 0 unspecified atom stereocenters. The van der Waals surface area contributed by atoms with Crippen molar-refractivity contribution in [3.8, 4) is 0 Å². The highest BCUT2D eigenvalue weighted by atomic mass is 32.2. The van der Waals surface area contributed by atoms with E-state index in [4.69, 9.17) is 0 Å². The molecule has 0 saturated heterocycles. The molecule has 0 aliphatic carbocycles. The van der Waals surface area contributed by atoms with Gasteiger partial charge in [0.25, 0.3) is 0 Å². The lowest BCUT2D eigenvalue weighted by Gasteiger charge is -2.21. The number of nitrogens with zero attached hydrogens (tertiary/aromatic N) is 2. The molecule has 0 bridgehead atoms. The molecule has 0 amide bonds. The van der Waals surface area contributed by atoms with Crippen LogP contribution in [0.2, 0.25) is 0 Å². The van der Waals surface area contributed by atoms with Crippen LogP contribution >= 0.6 is 0 Å². The van der Waals surface area contributed by atoms with Gasteiger partial charge >= 0.3 is 0 Å². The highest BCUT2D eigenvalue weighted by Gasteiger charge is 2.19. The van der Waals surface area contributed by atoms with Crippen molar-refractivity contribution in [3.05, 3.63) is 71.8 Å². The van der Waals surface area contributed by atoms with Crippen molar-refractivity contribution in [2.75, 3.05) is 39.0 Å². The van der Waals surface area contributed by atoms with Crippen molar-refractivity contribution in [1.82, 2.24) is 14.9 Å². The molecule has 0 aromatic heterocycles. The number of nitrogens with one attached hydrogen (secondary N) is 2. The molecule has 0 aliphatic heterocycles. The number of sulfonamides is 1. The Morgan fingerprint density at radius 1 is 0.931 bits per heavy atom. The summed E-state index contributed by atoms with van der Waals surface area (Å²) in [6, 6.07) is 20.6. The molecule has 2 rings (SSSR count). The third kappa shape index (κ3) is 6.87. The Morgan fingerprint density at radius 3 is 1.90 bits per heavy atom. The standard InChI is InChI=1S/C22H32N4O2S/c1-4-26(5-2)29(27,28)17-16-24-22(23-3)25-18-21(19-12-8-6-9-13-19)20-14-10-7-11-15-20/h6-15,21H,4-5,16-18H2,1-3H3,(H2,23,24,25). The molecular formula is C22H32N4O2S. The molecule has 7 heteroatoms. The summed E-state index contributed by atoms with van der Waals surface area (Å²) in [5.41, 5.74) is 2.43. The van der Waals surface area contributed by atoms with Gasteiger partial charge in [-0.3, -0.25) is 4.99 Å². The monoisotopic (exact) mass is 416 g/mol. The van der Waals surface area contributed by atoms with Crippen molar-refractivity contribution in [3.63, 3.8) is 0 Å². The first-order valence-electron chi connectivity index (χ1n) is 10.0. The smallest absolute Gasteiger partial charge is 0.215 e. The third-order valence-corrected chi connectivity index (χ3v) is 6.88. The largest absolute Gasteiger partial charge is 0.355 e. The molecule has 2 aromatic rings. The average molecular weight is 417 g/mol. The van der Waals surface area contributed by atoms with E-state index in [-0.39, 0.29) is 11.7 Å². The van der Waals surface area contributed by atoms with Gasteiger partial charge in [-0.05, 0) is 11.1 Å². The van der Waals surface area contributed by atoms with Crippen LogP contribution in [0.25, 0.3) is 0 Å². The molecule has 2 aromatic carbocycles. The zero-order valence-corrected chi connectivity index (χ0v) is 18.3. The summed E-state index contributed by atoms with van der Waals surface area (Å²) >= 11 is 0. The lowest BCUT2D eigenvalue weighted by atomic mass is 9.91. The lowest BCUT2D eigenvalue weighted by Crippen LogP contribution is -2.43. The molecule has 158 valence electrons. The van der Waals surface area contributed by atoms with E-state index in [1.165, 1.54) is 15.4 Å². The van der Waals surface area contributed by atoms with Crippen LogP contribution in [0.1, 0.15) is 30.9 Å². The highest BCUT2D eigenvalue weighted by molar-refractivity contribution is 7.89. The highest BCUT2D eigenvalue weighted by Crippen LogP contribution is 2.23. The summed E-state index contributed by atoms with van der Waals surface area (Å²) < 4.78 is 26.1. The minimum Gasteiger partial charge on any atom is -0.355 e. The van der Waals surface area contributed by atoms with E-state index in [9.17, 15) is 8.42 Å². The Bertz CT molecular complexity index is 811. The minimum atomic E-state index is -3.26. The van der Waals surface area contributed by atoms with E-state index in [0.29, 0.717) is 32.1 Å². The lowest BCUT2D eigenvalue weighted by molar-refractivity contribution is 0.445. The van der Waals surface area contributed by atoms with E-state index in [1.807, 2.05) is 50.2 Å². The summed E-state index contributed by atoms with van der Waals surface area (Å²) in [6.45, 7) is 5.63. The van der Waals surface area contributed by atoms with E-state index in [2.05, 4.69) is 39.9 Å². The second kappa shape index (κ2) is 11.6. The summed E-state index contributed by atoms with van der Waals surface area (Å²) in [7, 11) is -1.57. The van der Waals surface area contributed by atoms with Crippen LogP contribution in [0.15, 0.2) is 65.7 Å². The summed E-state index contributed by atoms with van der Waals surface area (Å²) in [4.78, 5) is 4.24. The van der Waals surface area contributed by atoms with E-state index < -0.39 is 10.0 Å². The molecule has 0 heterocycles. The molecule has 2 N–H and O–H groups in total. The zero-order chi connectivity index (χ0) is 21.1. The normalized spacial score (nSPS) is 12.4. The number of hydrogen-bond acceptors (Lipinski definition) is 3. The molecule has 0 aliphatic rings. The van der Waals surface area contributed by atoms with Gasteiger partial charge in [0.05, 0.1) is 5.75 Å². The van der Waals surface area contributed by atoms with E-state index in [1.54, 1.807) is 7.05 Å². The summed E-state index contributed by atoms with van der Waals surface area (Å²) in [6.07, 6.45) is 0. The number of rotatable bonds is 10. The first kappa shape index (κ1) is 22.9.